The van der Waals surface area contributed by atoms with Gasteiger partial charge in [0.1, 0.15) is 0 Å². The first-order chi connectivity index (χ1) is 11.7. The van der Waals surface area contributed by atoms with E-state index in [0.29, 0.717) is 17.3 Å². The number of nitrogens with zero attached hydrogens (tertiary/aromatic N) is 2. The van der Waals surface area contributed by atoms with Crippen molar-refractivity contribution < 1.29 is 4.79 Å². The highest BCUT2D eigenvalue weighted by atomic mass is 35.5. The zero-order valence-corrected chi connectivity index (χ0v) is 13.5. The summed E-state index contributed by atoms with van der Waals surface area (Å²) in [5.74, 6) is 0. The molecule has 5 nitrogen and oxygen atoms in total. The van der Waals surface area contributed by atoms with Crippen molar-refractivity contribution in [1.82, 2.24) is 15.3 Å². The Morgan fingerprint density at radius 1 is 1.04 bits per heavy atom. The Bertz CT molecular complexity index is 822. The highest BCUT2D eigenvalue weighted by Crippen LogP contribution is 2.20. The second kappa shape index (κ2) is 7.57. The van der Waals surface area contributed by atoms with E-state index in [4.69, 9.17) is 11.6 Å². The summed E-state index contributed by atoms with van der Waals surface area (Å²) in [6.45, 7) is 0.359. The van der Waals surface area contributed by atoms with Gasteiger partial charge in [-0.1, -0.05) is 17.7 Å². The third kappa shape index (κ3) is 4.08. The summed E-state index contributed by atoms with van der Waals surface area (Å²) in [5, 5.41) is 6.21. The molecule has 1 aromatic carbocycles. The van der Waals surface area contributed by atoms with Crippen LogP contribution in [0.15, 0.2) is 67.1 Å². The molecule has 3 rings (SSSR count). The normalized spacial score (nSPS) is 10.2. The number of anilines is 1. The van der Waals surface area contributed by atoms with E-state index in [1.807, 2.05) is 24.3 Å². The number of pyridine rings is 2. The molecule has 6 heteroatoms. The van der Waals surface area contributed by atoms with Crippen molar-refractivity contribution >= 4 is 23.3 Å². The van der Waals surface area contributed by atoms with Crippen molar-refractivity contribution in [3.05, 3.63) is 77.7 Å². The van der Waals surface area contributed by atoms with Crippen molar-refractivity contribution in [2.45, 2.75) is 6.54 Å². The van der Waals surface area contributed by atoms with E-state index in [-0.39, 0.29) is 6.03 Å². The molecule has 2 N–H and O–H groups in total. The zero-order valence-electron chi connectivity index (χ0n) is 12.7. The number of urea groups is 1. The monoisotopic (exact) mass is 338 g/mol. The van der Waals surface area contributed by atoms with E-state index < -0.39 is 0 Å². The number of amides is 2. The number of carbonyl (C=O) groups is 1. The number of aromatic nitrogens is 2. The maximum Gasteiger partial charge on any atom is 0.319 e. The molecule has 0 saturated carbocycles. The molecular weight excluding hydrogens is 324 g/mol. The van der Waals surface area contributed by atoms with E-state index in [2.05, 4.69) is 20.6 Å². The van der Waals surface area contributed by atoms with Crippen molar-refractivity contribution in [1.29, 1.82) is 0 Å². The predicted octanol–water partition coefficient (Wildman–Crippen LogP) is 4.12. The molecule has 2 aromatic heterocycles. The summed E-state index contributed by atoms with van der Waals surface area (Å²) in [6.07, 6.45) is 5.18. The van der Waals surface area contributed by atoms with Crippen LogP contribution in [0, 0.1) is 0 Å². The largest absolute Gasteiger partial charge is 0.334 e. The molecule has 0 spiro atoms. The van der Waals surface area contributed by atoms with Crippen LogP contribution in [0.5, 0.6) is 0 Å². The molecule has 24 heavy (non-hydrogen) atoms. The second-order valence-corrected chi connectivity index (χ2v) is 5.50. The topological polar surface area (TPSA) is 66.9 Å². The lowest BCUT2D eigenvalue weighted by atomic mass is 10.1. The third-order valence-corrected chi connectivity index (χ3v) is 3.62. The van der Waals surface area contributed by atoms with Crippen LogP contribution in [-0.4, -0.2) is 16.0 Å². The standard InChI is InChI=1S/C18H15ClN4O/c19-15-5-7-16(8-6-15)23-18(24)22-12-14-4-2-10-21-17(14)13-3-1-9-20-11-13/h1-11H,12H2,(H2,22,23,24). The lowest BCUT2D eigenvalue weighted by molar-refractivity contribution is 0.252. The van der Waals surface area contributed by atoms with Gasteiger partial charge in [0, 0.05) is 41.4 Å². The summed E-state index contributed by atoms with van der Waals surface area (Å²) in [7, 11) is 0. The van der Waals surface area contributed by atoms with Crippen LogP contribution in [0.4, 0.5) is 10.5 Å². The number of benzene rings is 1. The van der Waals surface area contributed by atoms with Crippen LogP contribution in [0.2, 0.25) is 5.02 Å². The maximum absolute atomic E-state index is 12.0. The van der Waals surface area contributed by atoms with Crippen LogP contribution in [0.1, 0.15) is 5.56 Å². The van der Waals surface area contributed by atoms with Gasteiger partial charge in [0.05, 0.1) is 5.69 Å². The highest BCUT2D eigenvalue weighted by Gasteiger charge is 2.08. The summed E-state index contributed by atoms with van der Waals surface area (Å²) in [4.78, 5) is 20.5. The van der Waals surface area contributed by atoms with E-state index >= 15 is 0 Å². The lowest BCUT2D eigenvalue weighted by Gasteiger charge is -2.11. The molecular formula is C18H15ClN4O. The molecule has 0 bridgehead atoms. The van der Waals surface area contributed by atoms with Gasteiger partial charge in [0.25, 0.3) is 0 Å². The first-order valence-electron chi connectivity index (χ1n) is 7.37. The fraction of sp³-hybridized carbons (Fsp3) is 0.0556. The van der Waals surface area contributed by atoms with E-state index in [1.165, 1.54) is 0 Å². The van der Waals surface area contributed by atoms with Crippen LogP contribution in [-0.2, 0) is 6.54 Å². The first kappa shape index (κ1) is 16.0. The molecule has 0 saturated heterocycles. The number of nitrogens with one attached hydrogen (secondary N) is 2. The van der Waals surface area contributed by atoms with Crippen LogP contribution in [0.25, 0.3) is 11.3 Å². The van der Waals surface area contributed by atoms with Crippen LogP contribution in [0.3, 0.4) is 0 Å². The van der Waals surface area contributed by atoms with Crippen LogP contribution < -0.4 is 10.6 Å². The minimum Gasteiger partial charge on any atom is -0.334 e. The van der Waals surface area contributed by atoms with Gasteiger partial charge in [-0.05, 0) is 48.0 Å². The maximum atomic E-state index is 12.0. The number of carbonyl (C=O) groups excluding carboxylic acids is 1. The lowest BCUT2D eigenvalue weighted by Crippen LogP contribution is -2.28. The smallest absolute Gasteiger partial charge is 0.319 e. The van der Waals surface area contributed by atoms with Crippen molar-refractivity contribution in [2.75, 3.05) is 5.32 Å². The Kier molecular flexibility index (Phi) is 5.03. The predicted molar refractivity (Wildman–Crippen MR) is 94.8 cm³/mol. The van der Waals surface area contributed by atoms with Gasteiger partial charge in [-0.2, -0.15) is 0 Å². The van der Waals surface area contributed by atoms with Crippen molar-refractivity contribution in [3.8, 4) is 11.3 Å². The first-order valence-corrected chi connectivity index (χ1v) is 7.75. The molecule has 0 aliphatic carbocycles. The van der Waals surface area contributed by atoms with E-state index in [0.717, 1.165) is 16.8 Å². The van der Waals surface area contributed by atoms with Crippen LogP contribution >= 0.6 is 11.6 Å². The summed E-state index contributed by atoms with van der Waals surface area (Å²) < 4.78 is 0. The second-order valence-electron chi connectivity index (χ2n) is 5.07. The van der Waals surface area contributed by atoms with Gasteiger partial charge in [-0.15, -0.1) is 0 Å². The van der Waals surface area contributed by atoms with Gasteiger partial charge in [0.15, 0.2) is 0 Å². The minimum absolute atomic E-state index is 0.293. The van der Waals surface area contributed by atoms with Gasteiger partial charge in [0.2, 0.25) is 0 Å². The Balaban J connectivity index is 1.66. The average molecular weight is 339 g/mol. The van der Waals surface area contributed by atoms with Gasteiger partial charge < -0.3 is 10.6 Å². The molecule has 0 radical (unpaired) electrons. The fourth-order valence-electron chi connectivity index (χ4n) is 2.23. The molecule has 0 unspecified atom stereocenters. The highest BCUT2D eigenvalue weighted by molar-refractivity contribution is 6.30. The number of rotatable bonds is 4. The Morgan fingerprint density at radius 2 is 1.83 bits per heavy atom. The third-order valence-electron chi connectivity index (χ3n) is 3.37. The SMILES string of the molecule is O=C(NCc1cccnc1-c1cccnc1)Nc1ccc(Cl)cc1. The van der Waals surface area contributed by atoms with Gasteiger partial charge in [-0.3, -0.25) is 9.97 Å². The van der Waals surface area contributed by atoms with Crippen molar-refractivity contribution in [2.24, 2.45) is 0 Å². The molecule has 120 valence electrons. The number of hydrogen-bond donors (Lipinski definition) is 2. The molecule has 0 aliphatic rings. The fourth-order valence-corrected chi connectivity index (χ4v) is 2.35. The van der Waals surface area contributed by atoms with Crippen molar-refractivity contribution in [3.63, 3.8) is 0 Å². The Labute approximate surface area is 144 Å². The molecule has 3 aromatic rings. The van der Waals surface area contributed by atoms with Gasteiger partial charge >= 0.3 is 6.03 Å². The molecule has 0 aliphatic heterocycles. The Morgan fingerprint density at radius 3 is 2.58 bits per heavy atom. The number of hydrogen-bond acceptors (Lipinski definition) is 3. The van der Waals surface area contributed by atoms with Gasteiger partial charge in [-0.25, -0.2) is 4.79 Å². The van der Waals surface area contributed by atoms with E-state index in [1.54, 1.807) is 42.9 Å². The number of halogens is 1. The minimum atomic E-state index is -0.293. The zero-order chi connectivity index (χ0) is 16.8. The molecule has 0 atom stereocenters. The molecule has 0 fully saturated rings. The Hall–Kier alpha value is -2.92. The molecule has 2 amide bonds. The molecule has 2 heterocycles. The quantitative estimate of drug-likeness (QED) is 0.752. The summed E-state index contributed by atoms with van der Waals surface area (Å²) in [6, 6.07) is 14.2. The summed E-state index contributed by atoms with van der Waals surface area (Å²) in [5.41, 5.74) is 3.30. The average Bonchev–Trinajstić information content (AvgIpc) is 2.63. The van der Waals surface area contributed by atoms with E-state index in [9.17, 15) is 4.79 Å². The summed E-state index contributed by atoms with van der Waals surface area (Å²) >= 11 is 5.82.